The molecular weight excluding hydrogens is 168 g/mol. The number of unbranched alkanes of at least 4 members (excludes halogenated alkanes) is 2. The van der Waals surface area contributed by atoms with Gasteiger partial charge < -0.3 is 0 Å². The van der Waals surface area contributed by atoms with Gasteiger partial charge in [-0.1, -0.05) is 82.9 Å². The zero-order chi connectivity index (χ0) is 11.2. The normalized spacial score (nSPS) is 7.79. The molecule has 82 valence electrons. The molecule has 0 radical (unpaired) electrons. The van der Waals surface area contributed by atoms with Crippen LogP contribution in [0.3, 0.4) is 0 Å². The molecule has 0 fully saturated rings. The van der Waals surface area contributed by atoms with Gasteiger partial charge in [0.25, 0.3) is 0 Å². The van der Waals surface area contributed by atoms with Gasteiger partial charge in [-0.25, -0.2) is 0 Å². The highest BCUT2D eigenvalue weighted by atomic mass is 13.8. The zero-order valence-corrected chi connectivity index (χ0v) is 10.5. The van der Waals surface area contributed by atoms with Gasteiger partial charge in [0, 0.05) is 0 Å². The van der Waals surface area contributed by atoms with Crippen molar-refractivity contribution in [1.82, 2.24) is 0 Å². The van der Waals surface area contributed by atoms with E-state index in [0.29, 0.717) is 0 Å². The number of benzene rings is 1. The molecule has 0 amide bonds. The second-order valence-electron chi connectivity index (χ2n) is 3.01. The minimum atomic E-state index is 1.32. The van der Waals surface area contributed by atoms with Crippen LogP contribution >= 0.6 is 0 Å². The predicted molar refractivity (Wildman–Crippen MR) is 67.7 cm³/mol. The third-order valence-corrected chi connectivity index (χ3v) is 1.65. The summed E-state index contributed by atoms with van der Waals surface area (Å²) < 4.78 is 0. The molecule has 1 rings (SSSR count). The zero-order valence-electron chi connectivity index (χ0n) is 10.5. The summed E-state index contributed by atoms with van der Waals surface area (Å²) in [6.07, 6.45) is 4.08. The average molecular weight is 194 g/mol. The van der Waals surface area contributed by atoms with Gasteiger partial charge in [-0.3, -0.25) is 0 Å². The van der Waals surface area contributed by atoms with E-state index < -0.39 is 0 Å². The van der Waals surface area contributed by atoms with Gasteiger partial charge in [0.1, 0.15) is 0 Å². The Labute approximate surface area is 90.4 Å². The van der Waals surface area contributed by atoms with Gasteiger partial charge in [0.05, 0.1) is 0 Å². The largest absolute Gasteiger partial charge is 0.0683 e. The van der Waals surface area contributed by atoms with Gasteiger partial charge in [-0.05, 0) is 6.92 Å². The third kappa shape index (κ3) is 13.8. The lowest BCUT2D eigenvalue weighted by molar-refractivity contribution is 0.772. The fourth-order valence-corrected chi connectivity index (χ4v) is 0.888. The van der Waals surface area contributed by atoms with Crippen molar-refractivity contribution >= 4 is 0 Å². The SMILES string of the molecule is CC.CCCCC.Cc1ccccc1. The second kappa shape index (κ2) is 14.7. The summed E-state index contributed by atoms with van der Waals surface area (Å²) in [5.41, 5.74) is 1.32. The van der Waals surface area contributed by atoms with Crippen LogP contribution in [-0.4, -0.2) is 0 Å². The molecule has 0 aliphatic rings. The minimum absolute atomic E-state index is 1.32. The topological polar surface area (TPSA) is 0 Å². The van der Waals surface area contributed by atoms with Gasteiger partial charge in [-0.15, -0.1) is 0 Å². The van der Waals surface area contributed by atoms with Crippen molar-refractivity contribution < 1.29 is 0 Å². The molecule has 0 bridgehead atoms. The van der Waals surface area contributed by atoms with E-state index in [0.717, 1.165) is 0 Å². The highest BCUT2D eigenvalue weighted by Gasteiger charge is 1.72. The Morgan fingerprint density at radius 3 is 1.43 bits per heavy atom. The van der Waals surface area contributed by atoms with Crippen LogP contribution in [0, 0.1) is 6.92 Å². The van der Waals surface area contributed by atoms with Gasteiger partial charge in [-0.2, -0.15) is 0 Å². The van der Waals surface area contributed by atoms with E-state index in [2.05, 4.69) is 32.9 Å². The van der Waals surface area contributed by atoms with Crippen molar-refractivity contribution in [2.45, 2.75) is 53.9 Å². The summed E-state index contributed by atoms with van der Waals surface area (Å²) >= 11 is 0. The molecule has 0 saturated heterocycles. The van der Waals surface area contributed by atoms with E-state index in [-0.39, 0.29) is 0 Å². The summed E-state index contributed by atoms with van der Waals surface area (Å²) in [7, 11) is 0. The van der Waals surface area contributed by atoms with Crippen LogP contribution in [0.1, 0.15) is 52.5 Å². The monoisotopic (exact) mass is 194 g/mol. The molecule has 0 N–H and O–H groups in total. The highest BCUT2D eigenvalue weighted by Crippen LogP contribution is 1.92. The Morgan fingerprint density at radius 1 is 0.857 bits per heavy atom. The van der Waals surface area contributed by atoms with E-state index in [4.69, 9.17) is 0 Å². The predicted octanol–water partition coefficient (Wildman–Crippen LogP) is 5.22. The van der Waals surface area contributed by atoms with Crippen LogP contribution in [0.2, 0.25) is 0 Å². The summed E-state index contributed by atoms with van der Waals surface area (Å²) in [6.45, 7) is 10.5. The maximum absolute atomic E-state index is 2.21. The molecular formula is C14H26. The first-order chi connectivity index (χ1) is 6.81. The van der Waals surface area contributed by atoms with E-state index in [9.17, 15) is 0 Å². The standard InChI is InChI=1S/C7H8.C5H12.C2H6/c1-7-5-3-2-4-6-7;1-3-5-4-2;1-2/h2-6H,1H3;3-5H2,1-2H3;1-2H3. The van der Waals surface area contributed by atoms with Crippen LogP contribution in [0.5, 0.6) is 0 Å². The van der Waals surface area contributed by atoms with Crippen LogP contribution < -0.4 is 0 Å². The average Bonchev–Trinajstić information content (AvgIpc) is 2.24. The fourth-order valence-electron chi connectivity index (χ4n) is 0.888. The Morgan fingerprint density at radius 2 is 1.29 bits per heavy atom. The Balaban J connectivity index is 0. The summed E-state index contributed by atoms with van der Waals surface area (Å²) in [5, 5.41) is 0. The quantitative estimate of drug-likeness (QED) is 0.605. The lowest BCUT2D eigenvalue weighted by atomic mass is 10.2. The third-order valence-electron chi connectivity index (χ3n) is 1.65. The molecule has 0 aliphatic carbocycles. The molecule has 1 aromatic carbocycles. The lowest BCUT2D eigenvalue weighted by Crippen LogP contribution is -1.62. The molecule has 0 aromatic heterocycles. The second-order valence-corrected chi connectivity index (χ2v) is 3.01. The van der Waals surface area contributed by atoms with Crippen molar-refractivity contribution in [1.29, 1.82) is 0 Å². The summed E-state index contributed by atoms with van der Waals surface area (Å²) in [6, 6.07) is 10.3. The molecule has 0 spiro atoms. The fraction of sp³-hybridized carbons (Fsp3) is 0.571. The number of rotatable bonds is 2. The molecule has 0 aliphatic heterocycles. The van der Waals surface area contributed by atoms with E-state index in [1.807, 2.05) is 32.0 Å². The van der Waals surface area contributed by atoms with Crippen molar-refractivity contribution in [3.05, 3.63) is 35.9 Å². The Kier molecular flexibility index (Phi) is 16.5. The smallest absolute Gasteiger partial charge is 0.0398 e. The first kappa shape index (κ1) is 15.7. The minimum Gasteiger partial charge on any atom is -0.0683 e. The Hall–Kier alpha value is -0.780. The number of hydrogen-bond acceptors (Lipinski definition) is 0. The summed E-state index contributed by atoms with van der Waals surface area (Å²) in [5.74, 6) is 0. The van der Waals surface area contributed by atoms with Crippen LogP contribution in [0.25, 0.3) is 0 Å². The van der Waals surface area contributed by atoms with Crippen molar-refractivity contribution in [2.24, 2.45) is 0 Å². The van der Waals surface area contributed by atoms with Crippen LogP contribution in [-0.2, 0) is 0 Å². The van der Waals surface area contributed by atoms with E-state index >= 15 is 0 Å². The van der Waals surface area contributed by atoms with Gasteiger partial charge in [0.2, 0.25) is 0 Å². The first-order valence-electron chi connectivity index (χ1n) is 5.82. The van der Waals surface area contributed by atoms with Gasteiger partial charge >= 0.3 is 0 Å². The lowest BCUT2D eigenvalue weighted by Gasteiger charge is -1.82. The van der Waals surface area contributed by atoms with Crippen molar-refractivity contribution in [3.8, 4) is 0 Å². The molecule has 1 aromatic rings. The van der Waals surface area contributed by atoms with Crippen molar-refractivity contribution in [2.75, 3.05) is 0 Å². The number of hydrogen-bond donors (Lipinski definition) is 0. The Bertz CT molecular complexity index is 163. The highest BCUT2D eigenvalue weighted by molar-refractivity contribution is 5.11. The molecule has 0 heterocycles. The first-order valence-corrected chi connectivity index (χ1v) is 5.82. The summed E-state index contributed by atoms with van der Waals surface area (Å²) in [4.78, 5) is 0. The molecule has 0 atom stereocenters. The van der Waals surface area contributed by atoms with E-state index in [1.54, 1.807) is 0 Å². The maximum Gasteiger partial charge on any atom is -0.0398 e. The van der Waals surface area contributed by atoms with Crippen LogP contribution in [0.15, 0.2) is 30.3 Å². The van der Waals surface area contributed by atoms with Gasteiger partial charge in [0.15, 0.2) is 0 Å². The van der Waals surface area contributed by atoms with E-state index in [1.165, 1.54) is 24.8 Å². The van der Waals surface area contributed by atoms with Crippen LogP contribution in [0.4, 0.5) is 0 Å². The molecule has 0 saturated carbocycles. The molecule has 0 heteroatoms. The number of aryl methyl sites for hydroxylation is 1. The molecule has 0 nitrogen and oxygen atoms in total. The molecule has 14 heavy (non-hydrogen) atoms. The molecule has 0 unspecified atom stereocenters. The maximum atomic E-state index is 2.21. The van der Waals surface area contributed by atoms with Crippen molar-refractivity contribution in [3.63, 3.8) is 0 Å².